The van der Waals surface area contributed by atoms with Crippen LogP contribution in [0.1, 0.15) is 90.8 Å². The zero-order valence-corrected chi connectivity index (χ0v) is 26.9. The summed E-state index contributed by atoms with van der Waals surface area (Å²) in [4.78, 5) is 68.0. The molecule has 0 saturated heterocycles. The normalized spacial score (nSPS) is 13.9. The number of rotatable bonds is 14. The number of carbonyl (C=O) groups is 5. The number of esters is 2. The Morgan fingerprint density at radius 3 is 2.37 bits per heavy atom. The fourth-order valence-electron chi connectivity index (χ4n) is 4.34. The van der Waals surface area contributed by atoms with Gasteiger partial charge in [0.2, 0.25) is 6.79 Å². The third-order valence-electron chi connectivity index (χ3n) is 7.21. The monoisotopic (exact) mass is 639 g/mol. The van der Waals surface area contributed by atoms with Crippen molar-refractivity contribution in [2.45, 2.75) is 65.5 Å². The Bertz CT molecular complexity index is 1490. The van der Waals surface area contributed by atoms with E-state index in [1.807, 2.05) is 6.92 Å². The lowest BCUT2D eigenvalue weighted by Gasteiger charge is -2.25. The molecule has 0 spiro atoms. The van der Waals surface area contributed by atoms with Crippen LogP contribution in [-0.4, -0.2) is 72.1 Å². The first kappa shape index (κ1) is 35.5. The van der Waals surface area contributed by atoms with Crippen molar-refractivity contribution in [1.82, 2.24) is 15.6 Å². The number of methoxy groups -OCH3 is 1. The van der Waals surface area contributed by atoms with E-state index in [1.54, 1.807) is 27.7 Å². The molecule has 248 valence electrons. The molecule has 2 aromatic rings. The number of hydrogen-bond acceptors (Lipinski definition) is 10. The van der Waals surface area contributed by atoms with Crippen molar-refractivity contribution in [2.24, 2.45) is 11.8 Å². The predicted octanol–water partition coefficient (Wildman–Crippen LogP) is 4.84. The van der Waals surface area contributed by atoms with Crippen LogP contribution in [-0.2, 0) is 19.0 Å². The zero-order valence-electron chi connectivity index (χ0n) is 26.9. The molecule has 1 aromatic heterocycles. The highest BCUT2D eigenvalue weighted by Gasteiger charge is 2.31. The first-order valence-electron chi connectivity index (χ1n) is 14.9. The number of alkyl carbamates (subject to hydrolysis) is 1. The highest BCUT2D eigenvalue weighted by atomic mass is 16.7. The fourth-order valence-corrected chi connectivity index (χ4v) is 4.34. The standard InChI is InChI=1S/C33H41N3O10/c1-8-18(3)26(36-32(42)46-33(4,5)6)30(40)44-17-45-31(41)27-21(12-13-24(35-27)28(37)34-16-19-10-11-19)22-15-25(43-7)20(9-2)14-23(22)29(38)39/h9,12-15,18-19,26H,2,8,10-11,16-17H2,1,3-7H3,(H,34,37)(H,36,42)(H,38,39)/t18-,26-/m0/s1. The average molecular weight is 640 g/mol. The van der Waals surface area contributed by atoms with Crippen molar-refractivity contribution in [3.63, 3.8) is 0 Å². The summed E-state index contributed by atoms with van der Waals surface area (Å²) >= 11 is 0. The Labute approximate surface area is 267 Å². The molecule has 0 unspecified atom stereocenters. The molecule has 1 saturated carbocycles. The zero-order chi connectivity index (χ0) is 34.2. The number of benzene rings is 1. The van der Waals surface area contributed by atoms with Crippen molar-refractivity contribution in [1.29, 1.82) is 0 Å². The first-order valence-corrected chi connectivity index (χ1v) is 14.9. The molecule has 1 aliphatic carbocycles. The number of amides is 2. The summed E-state index contributed by atoms with van der Waals surface area (Å²) in [5.74, 6) is -3.47. The van der Waals surface area contributed by atoms with E-state index in [1.165, 1.54) is 37.5 Å². The molecule has 2 amide bonds. The summed E-state index contributed by atoms with van der Waals surface area (Å²) in [6.07, 6.45) is 3.14. The molecule has 1 fully saturated rings. The van der Waals surface area contributed by atoms with Gasteiger partial charge in [0.1, 0.15) is 23.1 Å². The molecule has 3 N–H and O–H groups in total. The predicted molar refractivity (Wildman–Crippen MR) is 167 cm³/mol. The van der Waals surface area contributed by atoms with Gasteiger partial charge in [0.25, 0.3) is 5.91 Å². The average Bonchev–Trinajstić information content (AvgIpc) is 3.84. The van der Waals surface area contributed by atoms with Gasteiger partial charge in [-0.3, -0.25) is 4.79 Å². The van der Waals surface area contributed by atoms with E-state index in [2.05, 4.69) is 22.2 Å². The van der Waals surface area contributed by atoms with Crippen molar-refractivity contribution < 1.29 is 48.0 Å². The van der Waals surface area contributed by atoms with Gasteiger partial charge in [-0.15, -0.1) is 0 Å². The minimum atomic E-state index is -1.30. The van der Waals surface area contributed by atoms with E-state index in [4.69, 9.17) is 18.9 Å². The van der Waals surface area contributed by atoms with Crippen molar-refractivity contribution in [2.75, 3.05) is 20.4 Å². The van der Waals surface area contributed by atoms with E-state index in [0.717, 1.165) is 12.8 Å². The number of carboxylic acids is 1. The van der Waals surface area contributed by atoms with Gasteiger partial charge in [0.15, 0.2) is 5.69 Å². The lowest BCUT2D eigenvalue weighted by atomic mass is 9.95. The molecule has 0 bridgehead atoms. The number of pyridine rings is 1. The van der Waals surface area contributed by atoms with Gasteiger partial charge in [-0.05, 0) is 69.7 Å². The minimum Gasteiger partial charge on any atom is -0.496 e. The molecule has 13 heteroatoms. The Balaban J connectivity index is 1.91. The second-order valence-electron chi connectivity index (χ2n) is 11.9. The Hall–Kier alpha value is -4.94. The number of carboxylic acid groups (broad SMARTS) is 1. The van der Waals surface area contributed by atoms with E-state index < -0.39 is 54.0 Å². The van der Waals surface area contributed by atoms with Crippen molar-refractivity contribution >= 4 is 36.0 Å². The summed E-state index contributed by atoms with van der Waals surface area (Å²) in [6, 6.07) is 4.41. The Morgan fingerprint density at radius 2 is 1.80 bits per heavy atom. The molecule has 3 rings (SSSR count). The van der Waals surface area contributed by atoms with Gasteiger partial charge in [-0.2, -0.15) is 0 Å². The van der Waals surface area contributed by atoms with Gasteiger partial charge in [0.05, 0.1) is 12.7 Å². The van der Waals surface area contributed by atoms with Gasteiger partial charge >= 0.3 is 24.0 Å². The smallest absolute Gasteiger partial charge is 0.408 e. The molecule has 13 nitrogen and oxygen atoms in total. The topological polar surface area (TPSA) is 179 Å². The van der Waals surface area contributed by atoms with Crippen LogP contribution in [0, 0.1) is 11.8 Å². The van der Waals surface area contributed by atoms with Gasteiger partial charge in [0, 0.05) is 23.2 Å². The maximum Gasteiger partial charge on any atom is 0.408 e. The number of hydrogen-bond donors (Lipinski definition) is 3. The molecule has 1 aliphatic rings. The highest BCUT2D eigenvalue weighted by molar-refractivity contribution is 6.04. The molecule has 0 aliphatic heterocycles. The minimum absolute atomic E-state index is 0.0328. The molecule has 2 atom stereocenters. The van der Waals surface area contributed by atoms with Gasteiger partial charge in [-0.1, -0.05) is 32.9 Å². The van der Waals surface area contributed by atoms with Crippen LogP contribution in [0.2, 0.25) is 0 Å². The summed E-state index contributed by atoms with van der Waals surface area (Å²) < 4.78 is 21.1. The van der Waals surface area contributed by atoms with Crippen molar-refractivity contribution in [3.05, 3.63) is 53.4 Å². The third kappa shape index (κ3) is 9.53. The van der Waals surface area contributed by atoms with E-state index in [9.17, 15) is 29.1 Å². The number of aromatic carboxylic acids is 1. The number of nitrogens with zero attached hydrogens (tertiary/aromatic N) is 1. The number of ether oxygens (including phenoxy) is 4. The maximum atomic E-state index is 13.4. The summed E-state index contributed by atoms with van der Waals surface area (Å²) in [5, 5.41) is 15.3. The van der Waals surface area contributed by atoms with Crippen LogP contribution < -0.4 is 15.4 Å². The Kier molecular flexibility index (Phi) is 11.9. The first-order chi connectivity index (χ1) is 21.7. The van der Waals surface area contributed by atoms with Crippen LogP contribution in [0.15, 0.2) is 30.8 Å². The molecular formula is C33H41N3O10. The molecule has 0 radical (unpaired) electrons. The van der Waals surface area contributed by atoms with E-state index in [-0.39, 0.29) is 34.1 Å². The van der Waals surface area contributed by atoms with E-state index in [0.29, 0.717) is 24.4 Å². The molecule has 1 aromatic carbocycles. The number of aromatic nitrogens is 1. The quantitative estimate of drug-likeness (QED) is 0.190. The van der Waals surface area contributed by atoms with Crippen LogP contribution in [0.5, 0.6) is 5.75 Å². The van der Waals surface area contributed by atoms with Crippen molar-refractivity contribution in [3.8, 4) is 16.9 Å². The second kappa shape index (κ2) is 15.4. The largest absolute Gasteiger partial charge is 0.496 e. The number of carbonyl (C=O) groups excluding carboxylic acids is 4. The fraction of sp³-hybridized carbons (Fsp3) is 0.455. The Morgan fingerprint density at radius 1 is 1.11 bits per heavy atom. The lowest BCUT2D eigenvalue weighted by molar-refractivity contribution is -0.156. The molecular weight excluding hydrogens is 598 g/mol. The molecule has 46 heavy (non-hydrogen) atoms. The molecule has 1 heterocycles. The lowest BCUT2D eigenvalue weighted by Crippen LogP contribution is -2.47. The van der Waals surface area contributed by atoms with Gasteiger partial charge in [-0.25, -0.2) is 24.2 Å². The van der Waals surface area contributed by atoms with Gasteiger partial charge < -0.3 is 34.7 Å². The second-order valence-corrected chi connectivity index (χ2v) is 11.9. The summed E-state index contributed by atoms with van der Waals surface area (Å²) in [7, 11) is 1.39. The third-order valence-corrected chi connectivity index (χ3v) is 7.21. The summed E-state index contributed by atoms with van der Waals surface area (Å²) in [5.41, 5.74) is -0.975. The van der Waals surface area contributed by atoms with Crippen LogP contribution >= 0.6 is 0 Å². The van der Waals surface area contributed by atoms with E-state index >= 15 is 0 Å². The summed E-state index contributed by atoms with van der Waals surface area (Å²) in [6.45, 7) is 11.9. The maximum absolute atomic E-state index is 13.4. The SMILES string of the molecule is C=Cc1cc(C(=O)O)c(-c2ccc(C(=O)NCC3CC3)nc2C(=O)OCOC(=O)[C@@H](NC(=O)OC(C)(C)C)[C@@H](C)CC)cc1OC. The van der Waals surface area contributed by atoms with Crippen LogP contribution in [0.25, 0.3) is 17.2 Å². The van der Waals surface area contributed by atoms with Crippen LogP contribution in [0.4, 0.5) is 4.79 Å². The van der Waals surface area contributed by atoms with Crippen LogP contribution in [0.3, 0.4) is 0 Å². The highest BCUT2D eigenvalue weighted by Crippen LogP contribution is 2.34. The number of nitrogens with one attached hydrogen (secondary N) is 2.